The number of ether oxygens (including phenoxy) is 1. The molecule has 0 heterocycles. The molecule has 0 aliphatic rings. The van der Waals surface area contributed by atoms with Gasteiger partial charge in [0.2, 0.25) is 11.8 Å². The second-order valence-electron chi connectivity index (χ2n) is 11.0. The Bertz CT molecular complexity index is 1770. The van der Waals surface area contributed by atoms with Gasteiger partial charge in [-0.15, -0.1) is 0 Å². The van der Waals surface area contributed by atoms with Crippen LogP contribution in [0.25, 0.3) is 0 Å². The van der Waals surface area contributed by atoms with Crippen molar-refractivity contribution in [1.82, 2.24) is 10.2 Å². The van der Waals surface area contributed by atoms with Gasteiger partial charge < -0.3 is 15.0 Å². The summed E-state index contributed by atoms with van der Waals surface area (Å²) in [4.78, 5) is 29.8. The summed E-state index contributed by atoms with van der Waals surface area (Å²) in [6.07, 6.45) is 0.179. The summed E-state index contributed by atoms with van der Waals surface area (Å²) in [5, 5.41) is 3.66. The van der Waals surface area contributed by atoms with Crippen molar-refractivity contribution in [2.45, 2.75) is 50.7 Å². The van der Waals surface area contributed by atoms with Crippen LogP contribution in [0.1, 0.15) is 31.9 Å². The molecule has 0 aromatic heterocycles. The Morgan fingerprint density at radius 2 is 1.57 bits per heavy atom. The third-order valence-electron chi connectivity index (χ3n) is 7.17. The predicted molar refractivity (Wildman–Crippen MR) is 191 cm³/mol. The molecule has 0 spiro atoms. The lowest BCUT2D eigenvalue weighted by atomic mass is 10.0. The summed E-state index contributed by atoms with van der Waals surface area (Å²) in [6.45, 7) is 5.27. The Morgan fingerprint density at radius 3 is 2.17 bits per heavy atom. The number of benzene rings is 4. The van der Waals surface area contributed by atoms with Gasteiger partial charge in [0.05, 0.1) is 17.2 Å². The number of rotatable bonds is 14. The quantitative estimate of drug-likeness (QED) is 0.144. The van der Waals surface area contributed by atoms with Gasteiger partial charge in [0.25, 0.3) is 10.0 Å². The normalized spacial score (nSPS) is 12.0. The SMILES string of the molecule is CCOc1ccc(N(CC(=O)N(Cc2ccc(Cl)cc2Cl)[C@@H](Cc2ccccc2)C(=O)NC(C)C)S(=O)(=O)c2ccc(Br)cc2)cc1. The highest BCUT2D eigenvalue weighted by Gasteiger charge is 2.35. The van der Waals surface area contributed by atoms with Crippen LogP contribution in [0.3, 0.4) is 0 Å². The van der Waals surface area contributed by atoms with Gasteiger partial charge in [0.1, 0.15) is 18.3 Å². The molecule has 1 N–H and O–H groups in total. The highest BCUT2D eigenvalue weighted by molar-refractivity contribution is 9.10. The average Bonchev–Trinajstić information content (AvgIpc) is 3.03. The number of anilines is 1. The van der Waals surface area contributed by atoms with Crippen LogP contribution in [-0.2, 0) is 32.6 Å². The smallest absolute Gasteiger partial charge is 0.264 e. The third kappa shape index (κ3) is 9.73. The number of hydrogen-bond donors (Lipinski definition) is 1. The number of carbonyl (C=O) groups is 2. The first kappa shape index (κ1) is 36.3. The molecule has 47 heavy (non-hydrogen) atoms. The second-order valence-corrected chi connectivity index (χ2v) is 14.6. The number of nitrogens with zero attached hydrogens (tertiary/aromatic N) is 2. The summed E-state index contributed by atoms with van der Waals surface area (Å²) in [7, 11) is -4.25. The third-order valence-corrected chi connectivity index (χ3v) is 10.1. The molecular formula is C35H36BrCl2N3O5S. The largest absolute Gasteiger partial charge is 0.494 e. The Labute approximate surface area is 294 Å². The standard InChI is InChI=1S/C35H36BrCl2N3O5S/c1-4-46-30-16-14-29(15-17-30)41(47(44,45)31-18-11-27(36)12-19-31)23-34(42)40(22-26-10-13-28(37)21-32(26)38)33(35(43)39-24(2)3)20-25-8-6-5-7-9-25/h5-19,21,24,33H,4,20,22-23H2,1-3H3,(H,39,43)/t33-/m0/s1. The highest BCUT2D eigenvalue weighted by atomic mass is 79.9. The second kappa shape index (κ2) is 16.5. The zero-order chi connectivity index (χ0) is 34.1. The predicted octanol–water partition coefficient (Wildman–Crippen LogP) is 7.51. The van der Waals surface area contributed by atoms with E-state index >= 15 is 0 Å². The zero-order valence-corrected chi connectivity index (χ0v) is 30.1. The minimum absolute atomic E-state index is 0.00642. The highest BCUT2D eigenvalue weighted by Crippen LogP contribution is 2.29. The van der Waals surface area contributed by atoms with Gasteiger partial charge in [-0.05, 0) is 92.6 Å². The molecule has 248 valence electrons. The molecule has 0 fully saturated rings. The fourth-order valence-corrected chi connectivity index (χ4v) is 7.05. The van der Waals surface area contributed by atoms with E-state index < -0.39 is 28.5 Å². The van der Waals surface area contributed by atoms with E-state index in [2.05, 4.69) is 21.2 Å². The lowest BCUT2D eigenvalue weighted by molar-refractivity contribution is -0.140. The number of halogens is 3. The van der Waals surface area contributed by atoms with Crippen molar-refractivity contribution in [1.29, 1.82) is 0 Å². The molecular weight excluding hydrogens is 725 g/mol. The van der Waals surface area contributed by atoms with E-state index in [1.807, 2.05) is 51.1 Å². The maximum absolute atomic E-state index is 14.6. The van der Waals surface area contributed by atoms with Crippen LogP contribution in [-0.4, -0.2) is 50.4 Å². The molecule has 0 saturated carbocycles. The fraction of sp³-hybridized carbons (Fsp3) is 0.257. The number of sulfonamides is 1. The summed E-state index contributed by atoms with van der Waals surface area (Å²) >= 11 is 16.1. The lowest BCUT2D eigenvalue weighted by Gasteiger charge is -2.34. The maximum atomic E-state index is 14.6. The zero-order valence-electron chi connectivity index (χ0n) is 26.2. The Morgan fingerprint density at radius 1 is 0.915 bits per heavy atom. The molecule has 0 aliphatic heterocycles. The van der Waals surface area contributed by atoms with Crippen LogP contribution in [0, 0.1) is 0 Å². The van der Waals surface area contributed by atoms with Crippen molar-refractivity contribution in [2.24, 2.45) is 0 Å². The Balaban J connectivity index is 1.82. The van der Waals surface area contributed by atoms with Crippen LogP contribution in [0.15, 0.2) is 106 Å². The molecule has 0 radical (unpaired) electrons. The van der Waals surface area contributed by atoms with Crippen molar-refractivity contribution in [3.05, 3.63) is 123 Å². The molecule has 8 nitrogen and oxygen atoms in total. The van der Waals surface area contributed by atoms with E-state index in [4.69, 9.17) is 27.9 Å². The van der Waals surface area contributed by atoms with Gasteiger partial charge in [-0.3, -0.25) is 13.9 Å². The summed E-state index contributed by atoms with van der Waals surface area (Å²) < 4.78 is 35.7. The maximum Gasteiger partial charge on any atom is 0.264 e. The fourth-order valence-electron chi connectivity index (χ4n) is 4.91. The molecule has 0 saturated heterocycles. The van der Waals surface area contributed by atoms with E-state index in [0.717, 1.165) is 9.87 Å². The van der Waals surface area contributed by atoms with Crippen molar-refractivity contribution >= 4 is 66.7 Å². The molecule has 1 atom stereocenters. The molecule has 0 bridgehead atoms. The number of nitrogens with one attached hydrogen (secondary N) is 1. The van der Waals surface area contributed by atoms with Crippen molar-refractivity contribution < 1.29 is 22.7 Å². The van der Waals surface area contributed by atoms with Crippen LogP contribution in [0.5, 0.6) is 5.75 Å². The molecule has 0 aliphatic carbocycles. The molecule has 2 amide bonds. The minimum Gasteiger partial charge on any atom is -0.494 e. The number of hydrogen-bond acceptors (Lipinski definition) is 5. The average molecular weight is 762 g/mol. The minimum atomic E-state index is -4.25. The first-order chi connectivity index (χ1) is 22.4. The van der Waals surface area contributed by atoms with Crippen LogP contribution in [0.4, 0.5) is 5.69 Å². The van der Waals surface area contributed by atoms with Gasteiger partial charge in [-0.1, -0.05) is 75.5 Å². The molecule has 4 aromatic carbocycles. The van der Waals surface area contributed by atoms with E-state index in [-0.39, 0.29) is 35.5 Å². The van der Waals surface area contributed by atoms with Crippen LogP contribution < -0.4 is 14.4 Å². The van der Waals surface area contributed by atoms with Gasteiger partial charge >= 0.3 is 0 Å². The topological polar surface area (TPSA) is 96.0 Å². The van der Waals surface area contributed by atoms with Gasteiger partial charge in [0, 0.05) is 33.5 Å². The molecule has 12 heteroatoms. The van der Waals surface area contributed by atoms with Gasteiger partial charge in [-0.2, -0.15) is 0 Å². The van der Waals surface area contributed by atoms with Gasteiger partial charge in [-0.25, -0.2) is 8.42 Å². The summed E-state index contributed by atoms with van der Waals surface area (Å²) in [5.74, 6) is -0.438. The van der Waals surface area contributed by atoms with Crippen molar-refractivity contribution in [3.63, 3.8) is 0 Å². The van der Waals surface area contributed by atoms with E-state index in [0.29, 0.717) is 32.4 Å². The Kier molecular flexibility index (Phi) is 12.7. The first-order valence-electron chi connectivity index (χ1n) is 15.0. The first-order valence-corrected chi connectivity index (χ1v) is 18.0. The number of amides is 2. The van der Waals surface area contributed by atoms with E-state index in [1.165, 1.54) is 17.0 Å². The monoisotopic (exact) mass is 759 g/mol. The Hall–Kier alpha value is -3.57. The molecule has 4 rings (SSSR count). The molecule has 4 aromatic rings. The lowest BCUT2D eigenvalue weighted by Crippen LogP contribution is -2.54. The summed E-state index contributed by atoms with van der Waals surface area (Å²) in [6, 6.07) is 25.6. The molecule has 0 unspecified atom stereocenters. The van der Waals surface area contributed by atoms with Crippen LogP contribution in [0.2, 0.25) is 10.0 Å². The van der Waals surface area contributed by atoms with E-state index in [1.54, 1.807) is 54.6 Å². The summed E-state index contributed by atoms with van der Waals surface area (Å²) in [5.41, 5.74) is 1.62. The van der Waals surface area contributed by atoms with Crippen molar-refractivity contribution in [3.8, 4) is 5.75 Å². The van der Waals surface area contributed by atoms with Gasteiger partial charge in [0.15, 0.2) is 0 Å². The van der Waals surface area contributed by atoms with Crippen molar-refractivity contribution in [2.75, 3.05) is 17.5 Å². The van der Waals surface area contributed by atoms with Crippen LogP contribution >= 0.6 is 39.1 Å². The number of carbonyl (C=O) groups excluding carboxylic acids is 2. The van der Waals surface area contributed by atoms with E-state index in [9.17, 15) is 18.0 Å².